The Balaban J connectivity index is 0.000000310. The number of aryl methyl sites for hydroxylation is 2. The highest BCUT2D eigenvalue weighted by Gasteiger charge is 2.31. The molecule has 3 N–H and O–H groups in total. The fraction of sp³-hybridized carbons (Fsp3) is 0.136. The summed E-state index contributed by atoms with van der Waals surface area (Å²) in [4.78, 5) is 32.1. The first kappa shape index (κ1) is 25.8. The molecule has 0 aliphatic carbocycles. The number of halogens is 3. The summed E-state index contributed by atoms with van der Waals surface area (Å²) in [5.41, 5.74) is 5.70. The molecule has 3 aromatic carbocycles. The highest BCUT2D eigenvalue weighted by atomic mass is 19.4. The Morgan fingerprint density at radius 3 is 1.97 bits per heavy atom. The number of anilines is 2. The van der Waals surface area contributed by atoms with Crippen molar-refractivity contribution in [3.05, 3.63) is 103 Å². The Hall–Kier alpha value is -4.48. The third-order valence-corrected chi connectivity index (χ3v) is 4.55. The molecule has 0 bridgehead atoms. The van der Waals surface area contributed by atoms with Crippen LogP contribution in [0, 0.1) is 34.1 Å². The van der Waals surface area contributed by atoms with E-state index in [0.717, 1.165) is 24.3 Å². The minimum Gasteiger partial charge on any atom is -0.399 e. The smallest absolute Gasteiger partial charge is 0.399 e. The normalized spacial score (nSPS) is 10.6. The lowest BCUT2D eigenvalue weighted by Crippen LogP contribution is -2.14. The van der Waals surface area contributed by atoms with Gasteiger partial charge in [0, 0.05) is 40.2 Å². The quantitative estimate of drug-likeness (QED) is 0.283. The lowest BCUT2D eigenvalue weighted by Gasteiger charge is -2.09. The summed E-state index contributed by atoms with van der Waals surface area (Å²) < 4.78 is 37.9. The van der Waals surface area contributed by atoms with E-state index in [1.165, 1.54) is 31.2 Å². The van der Waals surface area contributed by atoms with Crippen molar-refractivity contribution in [3.63, 3.8) is 0 Å². The van der Waals surface area contributed by atoms with E-state index in [-0.39, 0.29) is 22.6 Å². The van der Waals surface area contributed by atoms with Gasteiger partial charge in [0.05, 0.1) is 15.4 Å². The minimum atomic E-state index is -4.56. The summed E-state index contributed by atoms with van der Waals surface area (Å²) >= 11 is 0. The van der Waals surface area contributed by atoms with Crippen LogP contribution in [-0.4, -0.2) is 15.8 Å². The largest absolute Gasteiger partial charge is 0.416 e. The number of nitrogen functional groups attached to an aromatic ring is 1. The Labute approximate surface area is 191 Å². The van der Waals surface area contributed by atoms with E-state index in [1.807, 2.05) is 0 Å². The van der Waals surface area contributed by atoms with E-state index < -0.39 is 27.5 Å². The molecule has 0 spiro atoms. The van der Waals surface area contributed by atoms with Gasteiger partial charge in [-0.2, -0.15) is 13.2 Å². The molecule has 0 heterocycles. The van der Waals surface area contributed by atoms with Gasteiger partial charge in [-0.25, -0.2) is 0 Å². The molecule has 0 aliphatic heterocycles. The van der Waals surface area contributed by atoms with Gasteiger partial charge in [-0.3, -0.25) is 25.0 Å². The molecular formula is C22H19F3N4O5. The average molecular weight is 476 g/mol. The van der Waals surface area contributed by atoms with Crippen molar-refractivity contribution in [3.8, 4) is 0 Å². The number of rotatable bonds is 4. The summed E-state index contributed by atoms with van der Waals surface area (Å²) in [6, 6.07) is 12.6. The van der Waals surface area contributed by atoms with E-state index in [1.54, 1.807) is 19.1 Å². The summed E-state index contributed by atoms with van der Waals surface area (Å²) in [6.45, 7) is 3.22. The molecule has 12 heteroatoms. The van der Waals surface area contributed by atoms with E-state index in [0.29, 0.717) is 16.8 Å². The Kier molecular flexibility index (Phi) is 7.90. The SMILES string of the molecule is Cc1ccc(N)cc1[N+](=O)[O-].Cc1ccc(NC(=O)c2cccc(C(F)(F)F)c2)cc1[N+](=O)[O-]. The Morgan fingerprint density at radius 2 is 1.44 bits per heavy atom. The first-order valence-corrected chi connectivity index (χ1v) is 9.53. The van der Waals surface area contributed by atoms with Crippen LogP contribution in [0.3, 0.4) is 0 Å². The van der Waals surface area contributed by atoms with Crippen LogP contribution in [0.1, 0.15) is 27.0 Å². The molecular weight excluding hydrogens is 457 g/mol. The summed E-state index contributed by atoms with van der Waals surface area (Å²) in [5.74, 6) is -0.783. The molecule has 3 aromatic rings. The van der Waals surface area contributed by atoms with E-state index in [9.17, 15) is 38.2 Å². The van der Waals surface area contributed by atoms with Crippen LogP contribution in [0.4, 0.5) is 35.9 Å². The van der Waals surface area contributed by atoms with Crippen molar-refractivity contribution < 1.29 is 27.8 Å². The van der Waals surface area contributed by atoms with Gasteiger partial charge in [-0.05, 0) is 44.2 Å². The second kappa shape index (κ2) is 10.4. The van der Waals surface area contributed by atoms with Crippen molar-refractivity contribution >= 4 is 28.7 Å². The van der Waals surface area contributed by atoms with Crippen LogP contribution >= 0.6 is 0 Å². The molecule has 34 heavy (non-hydrogen) atoms. The number of carbonyl (C=O) groups excluding carboxylic acids is 1. The number of nitrogens with zero attached hydrogens (tertiary/aromatic N) is 2. The lowest BCUT2D eigenvalue weighted by molar-refractivity contribution is -0.385. The highest BCUT2D eigenvalue weighted by molar-refractivity contribution is 6.04. The zero-order chi connectivity index (χ0) is 25.6. The third kappa shape index (κ3) is 6.76. The summed E-state index contributed by atoms with van der Waals surface area (Å²) in [5, 5.41) is 23.5. The van der Waals surface area contributed by atoms with Gasteiger partial charge >= 0.3 is 6.18 Å². The maximum absolute atomic E-state index is 12.6. The number of carbonyl (C=O) groups is 1. The van der Waals surface area contributed by atoms with Crippen LogP contribution in [0.15, 0.2) is 60.7 Å². The van der Waals surface area contributed by atoms with Crippen molar-refractivity contribution in [2.75, 3.05) is 11.1 Å². The van der Waals surface area contributed by atoms with Crippen LogP contribution in [0.2, 0.25) is 0 Å². The van der Waals surface area contributed by atoms with Gasteiger partial charge in [0.25, 0.3) is 17.3 Å². The molecule has 0 saturated heterocycles. The highest BCUT2D eigenvalue weighted by Crippen LogP contribution is 2.30. The molecule has 9 nitrogen and oxygen atoms in total. The average Bonchev–Trinajstić information content (AvgIpc) is 2.76. The zero-order valence-corrected chi connectivity index (χ0v) is 17.9. The van der Waals surface area contributed by atoms with E-state index >= 15 is 0 Å². The Bertz CT molecular complexity index is 1250. The van der Waals surface area contributed by atoms with Gasteiger partial charge in [0.1, 0.15) is 0 Å². The van der Waals surface area contributed by atoms with Gasteiger partial charge < -0.3 is 11.1 Å². The molecule has 0 fully saturated rings. The standard InChI is InChI=1S/C15H11F3N2O3.C7H8N2O2/c1-9-5-6-12(8-13(9)20(22)23)19-14(21)10-3-2-4-11(7-10)15(16,17)18;1-5-2-3-6(8)4-7(5)9(10)11/h2-8H,1H3,(H,19,21);2-4H,8H2,1H3. The first-order valence-electron chi connectivity index (χ1n) is 9.53. The molecule has 0 aromatic heterocycles. The van der Waals surface area contributed by atoms with Gasteiger partial charge in [-0.1, -0.05) is 18.2 Å². The van der Waals surface area contributed by atoms with Crippen LogP contribution in [-0.2, 0) is 6.18 Å². The summed E-state index contributed by atoms with van der Waals surface area (Å²) in [6.07, 6.45) is -4.56. The van der Waals surface area contributed by atoms with Crippen molar-refractivity contribution in [2.24, 2.45) is 0 Å². The fourth-order valence-electron chi connectivity index (χ4n) is 2.75. The lowest BCUT2D eigenvalue weighted by atomic mass is 10.1. The minimum absolute atomic E-state index is 0.0741. The number of benzene rings is 3. The van der Waals surface area contributed by atoms with Crippen molar-refractivity contribution in [2.45, 2.75) is 20.0 Å². The molecule has 1 amide bonds. The van der Waals surface area contributed by atoms with Crippen LogP contribution in [0.5, 0.6) is 0 Å². The van der Waals surface area contributed by atoms with Crippen LogP contribution in [0.25, 0.3) is 0 Å². The number of nitro benzene ring substituents is 2. The maximum Gasteiger partial charge on any atom is 0.416 e. The molecule has 3 rings (SSSR count). The van der Waals surface area contributed by atoms with Crippen molar-refractivity contribution in [1.82, 2.24) is 0 Å². The molecule has 178 valence electrons. The topological polar surface area (TPSA) is 141 Å². The Morgan fingerprint density at radius 1 is 0.882 bits per heavy atom. The summed E-state index contributed by atoms with van der Waals surface area (Å²) in [7, 11) is 0. The molecule has 0 aliphatic rings. The second-order valence-electron chi connectivity index (χ2n) is 7.09. The maximum atomic E-state index is 12.6. The van der Waals surface area contributed by atoms with E-state index in [2.05, 4.69) is 5.32 Å². The van der Waals surface area contributed by atoms with Gasteiger partial charge in [0.2, 0.25) is 0 Å². The number of hydrogen-bond donors (Lipinski definition) is 2. The monoisotopic (exact) mass is 476 g/mol. The predicted molar refractivity (Wildman–Crippen MR) is 119 cm³/mol. The van der Waals surface area contributed by atoms with Gasteiger partial charge in [0.15, 0.2) is 0 Å². The van der Waals surface area contributed by atoms with E-state index in [4.69, 9.17) is 5.73 Å². The van der Waals surface area contributed by atoms with Crippen LogP contribution < -0.4 is 11.1 Å². The zero-order valence-electron chi connectivity index (χ0n) is 17.9. The molecule has 0 radical (unpaired) electrons. The predicted octanol–water partition coefficient (Wildman–Crippen LogP) is 5.66. The number of hydrogen-bond acceptors (Lipinski definition) is 6. The second-order valence-corrected chi connectivity index (χ2v) is 7.09. The van der Waals surface area contributed by atoms with Crippen molar-refractivity contribution in [1.29, 1.82) is 0 Å². The number of nitrogens with two attached hydrogens (primary N) is 1. The first-order chi connectivity index (χ1) is 15.8. The molecule has 0 unspecified atom stereocenters. The number of amides is 1. The number of alkyl halides is 3. The third-order valence-electron chi connectivity index (χ3n) is 4.55. The molecule has 0 atom stereocenters. The molecule has 0 saturated carbocycles. The number of nitrogens with one attached hydrogen (secondary N) is 1. The fourth-order valence-corrected chi connectivity index (χ4v) is 2.75. The van der Waals surface area contributed by atoms with Gasteiger partial charge in [-0.15, -0.1) is 0 Å². The number of nitro groups is 2.